The fraction of sp³-hybridized carbons (Fsp3) is 0.625. The predicted molar refractivity (Wildman–Crippen MR) is 83.3 cm³/mol. The van der Waals surface area contributed by atoms with Crippen LogP contribution in [-0.2, 0) is 0 Å². The van der Waals surface area contributed by atoms with E-state index in [-0.39, 0.29) is 11.9 Å². The first-order valence-corrected chi connectivity index (χ1v) is 7.46. The monoisotopic (exact) mass is 295 g/mol. The first-order chi connectivity index (χ1) is 10.1. The van der Waals surface area contributed by atoms with Crippen LogP contribution in [0, 0.1) is 5.82 Å². The van der Waals surface area contributed by atoms with Gasteiger partial charge in [0.2, 0.25) is 0 Å². The van der Waals surface area contributed by atoms with Crippen molar-refractivity contribution >= 4 is 0 Å². The number of methoxy groups -OCH3 is 1. The molecule has 5 heteroatoms. The van der Waals surface area contributed by atoms with Gasteiger partial charge in [0.1, 0.15) is 0 Å². The van der Waals surface area contributed by atoms with Crippen LogP contribution in [0.1, 0.15) is 18.0 Å². The molecule has 1 fully saturated rings. The third kappa shape index (κ3) is 3.73. The summed E-state index contributed by atoms with van der Waals surface area (Å²) in [5, 5.41) is 3.36. The van der Waals surface area contributed by atoms with Crippen LogP contribution in [0.2, 0.25) is 0 Å². The molecule has 1 aromatic rings. The van der Waals surface area contributed by atoms with Crippen molar-refractivity contribution in [2.45, 2.75) is 18.5 Å². The molecule has 0 aliphatic carbocycles. The number of likely N-dealkylation sites (N-methyl/N-ethyl adjacent to an activating group) is 3. The first-order valence-electron chi connectivity index (χ1n) is 7.46. The Labute approximate surface area is 126 Å². The van der Waals surface area contributed by atoms with E-state index in [9.17, 15) is 4.39 Å². The van der Waals surface area contributed by atoms with E-state index in [0.29, 0.717) is 11.8 Å². The molecular formula is C16H26FN3O. The summed E-state index contributed by atoms with van der Waals surface area (Å²) in [6.07, 6.45) is 1.16. The second-order valence-corrected chi connectivity index (χ2v) is 5.82. The molecule has 0 amide bonds. The van der Waals surface area contributed by atoms with E-state index < -0.39 is 0 Å². The summed E-state index contributed by atoms with van der Waals surface area (Å²) in [4.78, 5) is 4.71. The maximum Gasteiger partial charge on any atom is 0.165 e. The summed E-state index contributed by atoms with van der Waals surface area (Å²) < 4.78 is 19.0. The van der Waals surface area contributed by atoms with Crippen LogP contribution < -0.4 is 10.1 Å². The van der Waals surface area contributed by atoms with Gasteiger partial charge >= 0.3 is 0 Å². The highest BCUT2D eigenvalue weighted by Gasteiger charge is 2.29. The number of nitrogens with zero attached hydrogens (tertiary/aromatic N) is 2. The first kappa shape index (κ1) is 16.2. The van der Waals surface area contributed by atoms with Gasteiger partial charge in [-0.3, -0.25) is 0 Å². The fourth-order valence-electron chi connectivity index (χ4n) is 3.12. The second kappa shape index (κ2) is 7.20. The Hall–Kier alpha value is -1.17. The zero-order valence-electron chi connectivity index (χ0n) is 13.4. The fourth-order valence-corrected chi connectivity index (χ4v) is 3.12. The quantitative estimate of drug-likeness (QED) is 0.915. The van der Waals surface area contributed by atoms with Crippen molar-refractivity contribution in [3.8, 4) is 5.75 Å². The van der Waals surface area contributed by atoms with E-state index in [4.69, 9.17) is 4.74 Å². The van der Waals surface area contributed by atoms with Crippen molar-refractivity contribution < 1.29 is 9.13 Å². The van der Waals surface area contributed by atoms with Crippen molar-refractivity contribution in [2.24, 2.45) is 0 Å². The molecule has 21 heavy (non-hydrogen) atoms. The zero-order chi connectivity index (χ0) is 15.4. The molecule has 2 rings (SSSR count). The molecule has 2 unspecified atom stereocenters. The second-order valence-electron chi connectivity index (χ2n) is 5.82. The highest BCUT2D eigenvalue weighted by molar-refractivity contribution is 5.32. The normalized spacial score (nSPS) is 22.8. The molecule has 0 radical (unpaired) electrons. The highest BCUT2D eigenvalue weighted by atomic mass is 19.1. The molecule has 0 spiro atoms. The predicted octanol–water partition coefficient (Wildman–Crippen LogP) is 1.73. The van der Waals surface area contributed by atoms with Gasteiger partial charge < -0.3 is 19.9 Å². The van der Waals surface area contributed by atoms with E-state index in [1.807, 2.05) is 13.1 Å². The Bertz CT molecular complexity index is 469. The minimum atomic E-state index is -0.306. The van der Waals surface area contributed by atoms with Gasteiger partial charge in [0.15, 0.2) is 11.6 Å². The Morgan fingerprint density at radius 2 is 2.10 bits per heavy atom. The van der Waals surface area contributed by atoms with Crippen molar-refractivity contribution in [3.05, 3.63) is 29.6 Å². The third-order valence-electron chi connectivity index (χ3n) is 4.35. The lowest BCUT2D eigenvalue weighted by Gasteiger charge is -2.34. The van der Waals surface area contributed by atoms with Crippen molar-refractivity contribution in [1.29, 1.82) is 0 Å². The summed E-state index contributed by atoms with van der Waals surface area (Å²) in [6.45, 7) is 3.13. The van der Waals surface area contributed by atoms with Gasteiger partial charge in [0.25, 0.3) is 0 Å². The Balaban J connectivity index is 2.26. The standard InChI is InChI=1S/C16H26FN3O/c1-18-16(12-6-7-15(21-4)13(17)10-12)14-11-19(2)8-5-9-20(14)3/h6-7,10,14,16,18H,5,8-9,11H2,1-4H3. The third-order valence-corrected chi connectivity index (χ3v) is 4.35. The van der Waals surface area contributed by atoms with E-state index in [1.165, 1.54) is 7.11 Å². The number of ether oxygens (including phenoxy) is 1. The van der Waals surface area contributed by atoms with Crippen LogP contribution in [0.25, 0.3) is 0 Å². The number of benzene rings is 1. The van der Waals surface area contributed by atoms with Gasteiger partial charge in [-0.2, -0.15) is 0 Å². The molecular weight excluding hydrogens is 269 g/mol. The molecule has 2 atom stereocenters. The lowest BCUT2D eigenvalue weighted by molar-refractivity contribution is 0.182. The summed E-state index contributed by atoms with van der Waals surface area (Å²) in [6, 6.07) is 5.64. The molecule has 0 bridgehead atoms. The summed E-state index contributed by atoms with van der Waals surface area (Å²) in [5.74, 6) is -0.0141. The van der Waals surface area contributed by atoms with Crippen LogP contribution in [-0.4, -0.2) is 63.7 Å². The Morgan fingerprint density at radius 1 is 1.33 bits per heavy atom. The number of nitrogens with one attached hydrogen (secondary N) is 1. The summed E-state index contributed by atoms with van der Waals surface area (Å²) in [5.41, 5.74) is 0.961. The molecule has 118 valence electrons. The van der Waals surface area contributed by atoms with E-state index >= 15 is 0 Å². The minimum Gasteiger partial charge on any atom is -0.494 e. The minimum absolute atomic E-state index is 0.0935. The molecule has 1 N–H and O–H groups in total. The average Bonchev–Trinajstić information content (AvgIpc) is 2.62. The van der Waals surface area contributed by atoms with Gasteiger partial charge in [-0.05, 0) is 58.3 Å². The molecule has 1 aromatic carbocycles. The summed E-state index contributed by atoms with van der Waals surface area (Å²) in [7, 11) is 7.72. The smallest absolute Gasteiger partial charge is 0.165 e. The molecule has 0 saturated carbocycles. The SMILES string of the molecule is CNC(c1ccc(OC)c(F)c1)C1CN(C)CCCN1C. The molecule has 1 aliphatic rings. The number of halogens is 1. The molecule has 1 aliphatic heterocycles. The molecule has 1 heterocycles. The number of hydrogen-bond donors (Lipinski definition) is 1. The van der Waals surface area contributed by atoms with Gasteiger partial charge in [0.05, 0.1) is 7.11 Å². The topological polar surface area (TPSA) is 27.7 Å². The van der Waals surface area contributed by atoms with E-state index in [2.05, 4.69) is 29.2 Å². The van der Waals surface area contributed by atoms with Crippen LogP contribution in [0.3, 0.4) is 0 Å². The lowest BCUT2D eigenvalue weighted by atomic mass is 9.97. The molecule has 4 nitrogen and oxygen atoms in total. The van der Waals surface area contributed by atoms with Crippen LogP contribution >= 0.6 is 0 Å². The Morgan fingerprint density at radius 3 is 2.71 bits per heavy atom. The zero-order valence-corrected chi connectivity index (χ0v) is 13.4. The maximum absolute atomic E-state index is 14.0. The van der Waals surface area contributed by atoms with Crippen molar-refractivity contribution in [1.82, 2.24) is 15.1 Å². The van der Waals surface area contributed by atoms with Gasteiger partial charge in [0, 0.05) is 18.6 Å². The average molecular weight is 295 g/mol. The lowest BCUT2D eigenvalue weighted by Crippen LogP contribution is -2.46. The summed E-state index contributed by atoms with van der Waals surface area (Å²) >= 11 is 0. The molecule has 0 aromatic heterocycles. The number of rotatable bonds is 4. The molecule has 1 saturated heterocycles. The van der Waals surface area contributed by atoms with Crippen LogP contribution in [0.15, 0.2) is 18.2 Å². The van der Waals surface area contributed by atoms with Gasteiger partial charge in [-0.25, -0.2) is 4.39 Å². The van der Waals surface area contributed by atoms with Crippen molar-refractivity contribution in [3.63, 3.8) is 0 Å². The van der Waals surface area contributed by atoms with Crippen LogP contribution in [0.5, 0.6) is 5.75 Å². The van der Waals surface area contributed by atoms with E-state index in [1.54, 1.807) is 12.1 Å². The van der Waals surface area contributed by atoms with Crippen LogP contribution in [0.4, 0.5) is 4.39 Å². The number of hydrogen-bond acceptors (Lipinski definition) is 4. The van der Waals surface area contributed by atoms with E-state index in [0.717, 1.165) is 31.6 Å². The Kier molecular flexibility index (Phi) is 5.56. The van der Waals surface area contributed by atoms with Gasteiger partial charge in [-0.1, -0.05) is 6.07 Å². The maximum atomic E-state index is 14.0. The highest BCUT2D eigenvalue weighted by Crippen LogP contribution is 2.26. The van der Waals surface area contributed by atoms with Gasteiger partial charge in [-0.15, -0.1) is 0 Å². The van der Waals surface area contributed by atoms with Crippen molar-refractivity contribution in [2.75, 3.05) is 47.9 Å². The largest absolute Gasteiger partial charge is 0.494 e.